The van der Waals surface area contributed by atoms with Crippen molar-refractivity contribution < 1.29 is 0 Å². The third kappa shape index (κ3) is 6.73. The third-order valence-corrected chi connectivity index (χ3v) is 3.67. The van der Waals surface area contributed by atoms with Crippen LogP contribution < -0.4 is 5.32 Å². The predicted octanol–water partition coefficient (Wildman–Crippen LogP) is 2.77. The second-order valence-electron chi connectivity index (χ2n) is 8.26. The van der Waals surface area contributed by atoms with Crippen LogP contribution in [0.3, 0.4) is 0 Å². The van der Waals surface area contributed by atoms with Crippen LogP contribution in [0.25, 0.3) is 0 Å². The Bertz CT molecular complexity index is 262. The summed E-state index contributed by atoms with van der Waals surface area (Å²) in [7, 11) is 0. The summed E-state index contributed by atoms with van der Waals surface area (Å²) in [4.78, 5) is 5.26. The summed E-state index contributed by atoms with van der Waals surface area (Å²) in [6.45, 7) is 21.9. The zero-order valence-electron chi connectivity index (χ0n) is 14.2. The quantitative estimate of drug-likeness (QED) is 0.846. The average molecular weight is 269 g/mol. The zero-order chi connectivity index (χ0) is 14.7. The van der Waals surface area contributed by atoms with Crippen molar-refractivity contribution in [1.82, 2.24) is 15.1 Å². The van der Waals surface area contributed by atoms with Gasteiger partial charge < -0.3 is 0 Å². The summed E-state index contributed by atoms with van der Waals surface area (Å²) in [6, 6.07) is 0.700. The van der Waals surface area contributed by atoms with Crippen molar-refractivity contribution in [3.63, 3.8) is 0 Å². The van der Waals surface area contributed by atoms with Crippen LogP contribution in [0.4, 0.5) is 0 Å². The summed E-state index contributed by atoms with van der Waals surface area (Å²) < 4.78 is 0. The molecule has 19 heavy (non-hydrogen) atoms. The third-order valence-electron chi connectivity index (χ3n) is 3.67. The first kappa shape index (κ1) is 16.9. The Hall–Kier alpha value is -0.120. The Morgan fingerprint density at radius 3 is 2.16 bits per heavy atom. The van der Waals surface area contributed by atoms with E-state index in [9.17, 15) is 0 Å². The maximum Gasteiger partial charge on any atom is 0.0488 e. The molecule has 3 heteroatoms. The van der Waals surface area contributed by atoms with Crippen LogP contribution in [0.5, 0.6) is 0 Å². The summed E-state index contributed by atoms with van der Waals surface area (Å²) >= 11 is 0. The Morgan fingerprint density at radius 2 is 1.68 bits per heavy atom. The molecule has 1 atom stereocenters. The maximum absolute atomic E-state index is 3.63. The average Bonchev–Trinajstić information content (AvgIpc) is 2.23. The molecule has 1 saturated heterocycles. The van der Waals surface area contributed by atoms with Gasteiger partial charge >= 0.3 is 0 Å². The highest BCUT2D eigenvalue weighted by Gasteiger charge is 2.28. The van der Waals surface area contributed by atoms with Crippen molar-refractivity contribution in [2.24, 2.45) is 5.41 Å². The number of hydrogen-bond donors (Lipinski definition) is 1. The van der Waals surface area contributed by atoms with E-state index in [0.29, 0.717) is 11.5 Å². The van der Waals surface area contributed by atoms with E-state index in [-0.39, 0.29) is 5.54 Å². The Balaban J connectivity index is 2.47. The monoisotopic (exact) mass is 269 g/mol. The van der Waals surface area contributed by atoms with Gasteiger partial charge in [0.15, 0.2) is 0 Å². The summed E-state index contributed by atoms with van der Waals surface area (Å²) in [6.07, 6.45) is 1.24. The van der Waals surface area contributed by atoms with E-state index in [0.717, 1.165) is 6.67 Å². The fraction of sp³-hybridized carbons (Fsp3) is 1.00. The zero-order valence-corrected chi connectivity index (χ0v) is 14.2. The topological polar surface area (TPSA) is 18.5 Å². The highest BCUT2D eigenvalue weighted by Crippen LogP contribution is 2.19. The first-order chi connectivity index (χ1) is 8.61. The number of hydrogen-bond acceptors (Lipinski definition) is 3. The van der Waals surface area contributed by atoms with Crippen molar-refractivity contribution in [1.29, 1.82) is 0 Å². The van der Waals surface area contributed by atoms with Gasteiger partial charge in [0.25, 0.3) is 0 Å². The Kier molecular flexibility index (Phi) is 5.84. The molecule has 1 aliphatic rings. The Morgan fingerprint density at radius 1 is 1.05 bits per heavy atom. The standard InChI is InChI=1S/C16H35N3/c1-8-14-11-18(12-15(2,3)4)9-10-19(14)13-17-16(5,6)7/h14,17H,8-13H2,1-7H3/t14-/m0/s1. The molecule has 0 spiro atoms. The van der Waals surface area contributed by atoms with Crippen LogP contribution in [0.15, 0.2) is 0 Å². The van der Waals surface area contributed by atoms with Gasteiger partial charge in [-0.1, -0.05) is 27.7 Å². The molecule has 1 N–H and O–H groups in total. The lowest BCUT2D eigenvalue weighted by molar-refractivity contribution is 0.0431. The summed E-state index contributed by atoms with van der Waals surface area (Å²) in [5.41, 5.74) is 0.616. The fourth-order valence-corrected chi connectivity index (χ4v) is 2.71. The van der Waals surface area contributed by atoms with Gasteiger partial charge in [-0.3, -0.25) is 15.1 Å². The predicted molar refractivity (Wildman–Crippen MR) is 84.4 cm³/mol. The van der Waals surface area contributed by atoms with Gasteiger partial charge in [0.2, 0.25) is 0 Å². The normalized spacial score (nSPS) is 23.8. The molecule has 114 valence electrons. The maximum atomic E-state index is 3.63. The molecule has 0 radical (unpaired) electrons. The minimum Gasteiger partial charge on any atom is -0.300 e. The van der Waals surface area contributed by atoms with Gasteiger partial charge in [-0.15, -0.1) is 0 Å². The van der Waals surface area contributed by atoms with E-state index in [4.69, 9.17) is 0 Å². The van der Waals surface area contributed by atoms with Gasteiger partial charge in [0, 0.05) is 44.4 Å². The number of piperazine rings is 1. The molecule has 0 bridgehead atoms. The van der Waals surface area contributed by atoms with Crippen LogP contribution in [-0.2, 0) is 0 Å². The number of nitrogens with zero attached hydrogens (tertiary/aromatic N) is 2. The molecule has 1 heterocycles. The molecule has 1 aliphatic heterocycles. The molecule has 0 aromatic carbocycles. The Labute approximate surface area is 120 Å². The minimum absolute atomic E-state index is 0.209. The first-order valence-corrected chi connectivity index (χ1v) is 7.82. The van der Waals surface area contributed by atoms with E-state index in [1.807, 2.05) is 0 Å². The minimum atomic E-state index is 0.209. The first-order valence-electron chi connectivity index (χ1n) is 7.82. The van der Waals surface area contributed by atoms with Crippen molar-refractivity contribution in [2.75, 3.05) is 32.8 Å². The number of rotatable bonds is 4. The molecular formula is C16H35N3. The van der Waals surface area contributed by atoms with Gasteiger partial charge in [0.1, 0.15) is 0 Å². The fourth-order valence-electron chi connectivity index (χ4n) is 2.71. The molecule has 0 aliphatic carbocycles. The molecule has 0 unspecified atom stereocenters. The van der Waals surface area contributed by atoms with Crippen LogP contribution in [0.2, 0.25) is 0 Å². The van der Waals surface area contributed by atoms with Crippen LogP contribution in [0, 0.1) is 5.41 Å². The summed E-state index contributed by atoms with van der Waals surface area (Å²) in [5.74, 6) is 0. The van der Waals surface area contributed by atoms with Gasteiger partial charge in [0.05, 0.1) is 0 Å². The molecule has 0 saturated carbocycles. The van der Waals surface area contributed by atoms with Gasteiger partial charge in [-0.2, -0.15) is 0 Å². The van der Waals surface area contributed by atoms with E-state index in [1.165, 1.54) is 32.6 Å². The largest absolute Gasteiger partial charge is 0.300 e. The van der Waals surface area contributed by atoms with E-state index in [2.05, 4.69) is 63.6 Å². The highest BCUT2D eigenvalue weighted by molar-refractivity contribution is 4.84. The molecule has 1 fully saturated rings. The molecule has 0 aromatic rings. The van der Waals surface area contributed by atoms with Crippen LogP contribution in [-0.4, -0.2) is 54.2 Å². The van der Waals surface area contributed by atoms with Crippen molar-refractivity contribution >= 4 is 0 Å². The molecule has 0 aromatic heterocycles. The van der Waals surface area contributed by atoms with Crippen LogP contribution in [0.1, 0.15) is 54.9 Å². The second kappa shape index (κ2) is 6.55. The lowest BCUT2D eigenvalue weighted by atomic mass is 9.95. The van der Waals surface area contributed by atoms with Crippen LogP contribution >= 0.6 is 0 Å². The lowest BCUT2D eigenvalue weighted by Crippen LogP contribution is -2.57. The smallest absolute Gasteiger partial charge is 0.0488 e. The van der Waals surface area contributed by atoms with Crippen molar-refractivity contribution in [3.8, 4) is 0 Å². The van der Waals surface area contributed by atoms with Gasteiger partial charge in [-0.05, 0) is 32.6 Å². The van der Waals surface area contributed by atoms with Crippen molar-refractivity contribution in [2.45, 2.75) is 66.5 Å². The van der Waals surface area contributed by atoms with Crippen molar-refractivity contribution in [3.05, 3.63) is 0 Å². The summed E-state index contributed by atoms with van der Waals surface area (Å²) in [5, 5.41) is 3.63. The molecule has 1 rings (SSSR count). The van der Waals surface area contributed by atoms with E-state index < -0.39 is 0 Å². The SMILES string of the molecule is CC[C@H]1CN(CC(C)(C)C)CCN1CNC(C)(C)C. The lowest BCUT2D eigenvalue weighted by Gasteiger charge is -2.44. The number of nitrogens with one attached hydrogen (secondary N) is 1. The molecule has 3 nitrogen and oxygen atoms in total. The van der Waals surface area contributed by atoms with E-state index >= 15 is 0 Å². The highest BCUT2D eigenvalue weighted by atomic mass is 15.3. The second-order valence-corrected chi connectivity index (χ2v) is 8.26. The molecule has 0 amide bonds. The van der Waals surface area contributed by atoms with Gasteiger partial charge in [-0.25, -0.2) is 0 Å². The van der Waals surface area contributed by atoms with E-state index in [1.54, 1.807) is 0 Å². The molecular weight excluding hydrogens is 234 g/mol.